The largest absolute Gasteiger partial charge is 0.488 e. The molecule has 7 nitrogen and oxygen atoms in total. The first-order valence-electron chi connectivity index (χ1n) is 8.33. The number of para-hydroxylation sites is 1. The van der Waals surface area contributed by atoms with Gasteiger partial charge in [0.15, 0.2) is 6.61 Å². The fraction of sp³-hybridized carbons (Fsp3) is 0.316. The van der Waals surface area contributed by atoms with E-state index in [1.54, 1.807) is 20.2 Å². The molecule has 0 saturated carbocycles. The molecular weight excluding hydrogens is 368 g/mol. The summed E-state index contributed by atoms with van der Waals surface area (Å²) in [5, 5.41) is 0. The van der Waals surface area contributed by atoms with Gasteiger partial charge in [-0.25, -0.2) is 4.79 Å². The summed E-state index contributed by atoms with van der Waals surface area (Å²) >= 11 is 1.32. The van der Waals surface area contributed by atoms with Crippen LogP contribution in [0.15, 0.2) is 30.3 Å². The highest BCUT2D eigenvalue weighted by Gasteiger charge is 2.24. The Kier molecular flexibility index (Phi) is 5.46. The van der Waals surface area contributed by atoms with Crippen molar-refractivity contribution in [1.82, 2.24) is 9.80 Å². The van der Waals surface area contributed by atoms with Crippen LogP contribution in [0.25, 0.3) is 10.4 Å². The van der Waals surface area contributed by atoms with Gasteiger partial charge < -0.3 is 19.3 Å². The molecule has 0 radical (unpaired) electrons. The maximum Gasteiger partial charge on any atom is 0.348 e. The molecule has 1 aliphatic rings. The highest BCUT2D eigenvalue weighted by atomic mass is 32.1. The van der Waals surface area contributed by atoms with Gasteiger partial charge in [0.1, 0.15) is 17.2 Å². The Hall–Kier alpha value is -2.87. The minimum Gasteiger partial charge on any atom is -0.488 e. The van der Waals surface area contributed by atoms with Crippen LogP contribution < -0.4 is 4.74 Å². The summed E-state index contributed by atoms with van der Waals surface area (Å²) in [6.45, 7) is -0.0824. The topological polar surface area (TPSA) is 76.2 Å². The Morgan fingerprint density at radius 2 is 1.89 bits per heavy atom. The lowest BCUT2D eigenvalue weighted by Crippen LogP contribution is -2.39. The molecule has 8 heteroatoms. The smallest absolute Gasteiger partial charge is 0.348 e. The van der Waals surface area contributed by atoms with Gasteiger partial charge in [0.25, 0.3) is 5.91 Å². The number of esters is 1. The van der Waals surface area contributed by atoms with Crippen molar-refractivity contribution in [3.63, 3.8) is 0 Å². The molecule has 142 valence electrons. The molecule has 0 unspecified atom stereocenters. The zero-order valence-corrected chi connectivity index (χ0v) is 16.2. The fourth-order valence-electron chi connectivity index (χ4n) is 2.54. The molecule has 2 heterocycles. The molecule has 0 saturated heterocycles. The lowest BCUT2D eigenvalue weighted by molar-refractivity contribution is -0.139. The van der Waals surface area contributed by atoms with Crippen molar-refractivity contribution in [3.8, 4) is 16.2 Å². The summed E-state index contributed by atoms with van der Waals surface area (Å²) in [4.78, 5) is 40.1. The Labute approximate surface area is 161 Å². The zero-order valence-electron chi connectivity index (χ0n) is 15.4. The van der Waals surface area contributed by atoms with Crippen molar-refractivity contribution < 1.29 is 23.9 Å². The summed E-state index contributed by atoms with van der Waals surface area (Å²) in [6, 6.07) is 9.38. The van der Waals surface area contributed by atoms with Crippen molar-refractivity contribution in [2.75, 3.05) is 34.3 Å². The molecule has 0 fully saturated rings. The molecule has 0 atom stereocenters. The molecule has 2 aromatic rings. The van der Waals surface area contributed by atoms with Gasteiger partial charge in [-0.15, -0.1) is 11.3 Å². The number of rotatable bonds is 5. The summed E-state index contributed by atoms with van der Waals surface area (Å²) in [7, 11) is 4.72. The Morgan fingerprint density at radius 3 is 2.63 bits per heavy atom. The average molecular weight is 388 g/mol. The van der Waals surface area contributed by atoms with Crippen molar-refractivity contribution in [1.29, 1.82) is 0 Å². The second kappa shape index (κ2) is 7.79. The van der Waals surface area contributed by atoms with Gasteiger partial charge in [0.05, 0.1) is 6.54 Å². The van der Waals surface area contributed by atoms with Crippen LogP contribution >= 0.6 is 11.3 Å². The number of hydrogen-bond donors (Lipinski definition) is 0. The van der Waals surface area contributed by atoms with Crippen LogP contribution in [0.5, 0.6) is 5.75 Å². The predicted octanol–water partition coefficient (Wildman–Crippen LogP) is 2.01. The SMILES string of the molecule is CN(C)C(=O)CN(C)C(=O)COC(=O)c1cc2c(s1)-c1ccccc1OC2. The Bertz CT molecular complexity index is 890. The number of carbonyl (C=O) groups excluding carboxylic acids is 3. The molecule has 27 heavy (non-hydrogen) atoms. The van der Waals surface area contributed by atoms with Crippen molar-refractivity contribution in [2.24, 2.45) is 0 Å². The van der Waals surface area contributed by atoms with Crippen LogP contribution in [-0.2, 0) is 20.9 Å². The standard InChI is InChI=1S/C19H20N2O5S/c1-20(2)16(22)9-21(3)17(23)11-26-19(24)15-8-12-10-25-14-7-5-4-6-13(14)18(12)27-15/h4-8H,9-11H2,1-3H3. The fourth-order valence-corrected chi connectivity index (χ4v) is 3.63. The molecule has 1 aromatic heterocycles. The van der Waals surface area contributed by atoms with Crippen molar-refractivity contribution in [3.05, 3.63) is 40.8 Å². The number of ether oxygens (including phenoxy) is 2. The number of fused-ring (bicyclic) bond motifs is 3. The van der Waals surface area contributed by atoms with E-state index in [0.29, 0.717) is 11.5 Å². The van der Waals surface area contributed by atoms with Crippen LogP contribution in [-0.4, -0.2) is 61.9 Å². The summed E-state index contributed by atoms with van der Waals surface area (Å²) < 4.78 is 10.8. The van der Waals surface area contributed by atoms with E-state index in [0.717, 1.165) is 21.8 Å². The third-order valence-electron chi connectivity index (χ3n) is 4.15. The van der Waals surface area contributed by atoms with Gasteiger partial charge in [-0.1, -0.05) is 12.1 Å². The number of amides is 2. The van der Waals surface area contributed by atoms with E-state index in [2.05, 4.69) is 0 Å². The second-order valence-corrected chi connectivity index (χ2v) is 7.42. The molecule has 0 aliphatic carbocycles. The summed E-state index contributed by atoms with van der Waals surface area (Å²) in [6.07, 6.45) is 0. The summed E-state index contributed by atoms with van der Waals surface area (Å²) in [5.41, 5.74) is 1.87. The minimum atomic E-state index is -0.562. The Balaban J connectivity index is 1.62. The highest BCUT2D eigenvalue weighted by molar-refractivity contribution is 7.17. The lowest BCUT2D eigenvalue weighted by atomic mass is 10.1. The zero-order chi connectivity index (χ0) is 19.6. The number of nitrogens with zero attached hydrogens (tertiary/aromatic N) is 2. The van der Waals surface area contributed by atoms with Crippen LogP contribution in [0.3, 0.4) is 0 Å². The third-order valence-corrected chi connectivity index (χ3v) is 5.34. The van der Waals surface area contributed by atoms with Gasteiger partial charge in [-0.2, -0.15) is 0 Å². The number of likely N-dealkylation sites (N-methyl/N-ethyl adjacent to an activating group) is 2. The van der Waals surface area contributed by atoms with E-state index in [4.69, 9.17) is 9.47 Å². The summed E-state index contributed by atoms with van der Waals surface area (Å²) in [5.74, 6) is -0.419. The molecule has 1 aliphatic heterocycles. The van der Waals surface area contributed by atoms with Crippen LogP contribution in [0.4, 0.5) is 0 Å². The molecule has 2 amide bonds. The second-order valence-electron chi connectivity index (χ2n) is 6.36. The molecule has 0 N–H and O–H groups in total. The predicted molar refractivity (Wildman–Crippen MR) is 101 cm³/mol. The maximum absolute atomic E-state index is 12.3. The first-order valence-corrected chi connectivity index (χ1v) is 9.14. The lowest BCUT2D eigenvalue weighted by Gasteiger charge is -2.18. The molecule has 0 spiro atoms. The van der Waals surface area contributed by atoms with Crippen LogP contribution in [0.2, 0.25) is 0 Å². The number of hydrogen-bond acceptors (Lipinski definition) is 6. The van der Waals surface area contributed by atoms with Crippen LogP contribution in [0, 0.1) is 0 Å². The number of benzene rings is 1. The van der Waals surface area contributed by atoms with E-state index in [1.165, 1.54) is 28.2 Å². The van der Waals surface area contributed by atoms with Crippen molar-refractivity contribution >= 4 is 29.1 Å². The van der Waals surface area contributed by atoms with E-state index in [9.17, 15) is 14.4 Å². The van der Waals surface area contributed by atoms with Gasteiger partial charge in [0, 0.05) is 37.1 Å². The maximum atomic E-state index is 12.3. The highest BCUT2D eigenvalue weighted by Crippen LogP contribution is 2.42. The van der Waals surface area contributed by atoms with Gasteiger partial charge in [0.2, 0.25) is 5.91 Å². The van der Waals surface area contributed by atoms with E-state index in [1.807, 2.05) is 24.3 Å². The minimum absolute atomic E-state index is 0.0647. The average Bonchev–Trinajstić information content (AvgIpc) is 3.10. The first kappa shape index (κ1) is 18.9. The van der Waals surface area contributed by atoms with E-state index in [-0.39, 0.29) is 12.5 Å². The molecule has 3 rings (SSSR count). The number of thiophene rings is 1. The molecule has 1 aromatic carbocycles. The number of carbonyl (C=O) groups is 3. The van der Waals surface area contributed by atoms with Crippen LogP contribution in [0.1, 0.15) is 15.2 Å². The van der Waals surface area contributed by atoms with E-state index < -0.39 is 18.5 Å². The third kappa shape index (κ3) is 4.11. The normalized spacial score (nSPS) is 11.7. The van der Waals surface area contributed by atoms with E-state index >= 15 is 0 Å². The van der Waals surface area contributed by atoms with Gasteiger partial charge >= 0.3 is 5.97 Å². The Morgan fingerprint density at radius 1 is 1.15 bits per heavy atom. The first-order chi connectivity index (χ1) is 12.9. The van der Waals surface area contributed by atoms with Gasteiger partial charge in [-0.3, -0.25) is 9.59 Å². The van der Waals surface area contributed by atoms with Gasteiger partial charge in [-0.05, 0) is 18.2 Å². The molecule has 0 bridgehead atoms. The molecular formula is C19H20N2O5S. The van der Waals surface area contributed by atoms with Crippen molar-refractivity contribution in [2.45, 2.75) is 6.61 Å². The quantitative estimate of drug-likeness (QED) is 0.733. The monoisotopic (exact) mass is 388 g/mol.